The van der Waals surface area contributed by atoms with E-state index in [9.17, 15) is 5.11 Å². The number of rotatable bonds is 5. The summed E-state index contributed by atoms with van der Waals surface area (Å²) in [7, 11) is 1.79. The summed E-state index contributed by atoms with van der Waals surface area (Å²) in [4.78, 5) is 0. The van der Waals surface area contributed by atoms with E-state index in [1.54, 1.807) is 7.11 Å². The van der Waals surface area contributed by atoms with Gasteiger partial charge in [-0.3, -0.25) is 0 Å². The van der Waals surface area contributed by atoms with E-state index >= 15 is 0 Å². The maximum atomic E-state index is 10.9. The zero-order valence-electron chi connectivity index (χ0n) is 23.1. The highest BCUT2D eigenvalue weighted by Crippen LogP contribution is 2.77. The van der Waals surface area contributed by atoms with Crippen LogP contribution in [0.4, 0.5) is 0 Å². The minimum Gasteiger partial charge on any atom is -0.392 e. The van der Waals surface area contributed by atoms with Crippen molar-refractivity contribution >= 4 is 0 Å². The molecule has 1 heterocycles. The van der Waals surface area contributed by atoms with Crippen molar-refractivity contribution in [3.05, 3.63) is 24.3 Å². The summed E-state index contributed by atoms with van der Waals surface area (Å²) in [6.07, 6.45) is 17.8. The molecule has 1 spiro atoms. The molecule has 0 aromatic heterocycles. The van der Waals surface area contributed by atoms with Gasteiger partial charge in [-0.25, -0.2) is 0 Å². The van der Waals surface area contributed by atoms with Gasteiger partial charge in [-0.15, -0.1) is 0 Å². The Morgan fingerprint density at radius 2 is 1.82 bits per heavy atom. The van der Waals surface area contributed by atoms with Gasteiger partial charge in [0.05, 0.1) is 23.9 Å². The number of methoxy groups -OCH3 is 1. The number of ether oxygens (including phenoxy) is 2. The maximum Gasteiger partial charge on any atom is 0.0972 e. The molecule has 0 aromatic rings. The summed E-state index contributed by atoms with van der Waals surface area (Å²) in [5.41, 5.74) is 0.238. The van der Waals surface area contributed by atoms with Gasteiger partial charge in [0.15, 0.2) is 0 Å². The van der Waals surface area contributed by atoms with E-state index in [-0.39, 0.29) is 28.1 Å². The third-order valence-electron chi connectivity index (χ3n) is 12.6. The average molecular weight is 471 g/mol. The van der Waals surface area contributed by atoms with Crippen LogP contribution < -0.4 is 0 Å². The highest BCUT2D eigenvalue weighted by Gasteiger charge is 2.75. The molecule has 3 saturated carbocycles. The molecule has 5 aliphatic rings. The van der Waals surface area contributed by atoms with Crippen LogP contribution in [0.15, 0.2) is 24.3 Å². The predicted octanol–water partition coefficient (Wildman–Crippen LogP) is 6.95. The molecule has 5 rings (SSSR count). The van der Waals surface area contributed by atoms with Gasteiger partial charge < -0.3 is 14.6 Å². The Labute approximate surface area is 208 Å². The standard InChI is InChI=1S/C31H50O3/c1-21(10-9-15-26(2,3)33-8)22-13-16-29(7)23-14-17-31-24(11-12-25(32)27(31,4)5)30(23,20-34-31)19-18-28(22,29)6/h9,14-15,17,21-25,32H,10-13,16,18-20H2,1-8H3/b15-9+/t21-,22-,23+,24+,25?,28-,29+,30+,31?/m1/s1. The summed E-state index contributed by atoms with van der Waals surface area (Å²) < 4.78 is 12.4. The monoisotopic (exact) mass is 470 g/mol. The van der Waals surface area contributed by atoms with Gasteiger partial charge in [0.2, 0.25) is 0 Å². The number of fused-ring (bicyclic) bond motifs is 2. The molecule has 2 bridgehead atoms. The van der Waals surface area contributed by atoms with Gasteiger partial charge in [-0.1, -0.05) is 58.9 Å². The lowest BCUT2D eigenvalue weighted by atomic mass is 9.38. The van der Waals surface area contributed by atoms with Crippen LogP contribution >= 0.6 is 0 Å². The Balaban J connectivity index is 1.44. The first-order valence-electron chi connectivity index (χ1n) is 14.0. The second kappa shape index (κ2) is 7.68. The van der Waals surface area contributed by atoms with Crippen LogP contribution in [-0.2, 0) is 9.47 Å². The third kappa shape index (κ3) is 2.99. The van der Waals surface area contributed by atoms with Crippen LogP contribution in [0.3, 0.4) is 0 Å². The van der Waals surface area contributed by atoms with Gasteiger partial charge >= 0.3 is 0 Å². The van der Waals surface area contributed by atoms with Gasteiger partial charge in [0.25, 0.3) is 0 Å². The smallest absolute Gasteiger partial charge is 0.0972 e. The lowest BCUT2D eigenvalue weighted by Gasteiger charge is -2.65. The quantitative estimate of drug-likeness (QED) is 0.442. The van der Waals surface area contributed by atoms with E-state index in [1.807, 2.05) is 0 Å². The lowest BCUT2D eigenvalue weighted by Crippen LogP contribution is -2.64. The molecule has 3 heteroatoms. The Hall–Kier alpha value is -0.640. The van der Waals surface area contributed by atoms with E-state index in [1.165, 1.54) is 25.7 Å². The fourth-order valence-corrected chi connectivity index (χ4v) is 10.00. The van der Waals surface area contributed by atoms with Crippen molar-refractivity contribution in [2.45, 2.75) is 111 Å². The maximum absolute atomic E-state index is 10.9. The van der Waals surface area contributed by atoms with E-state index in [2.05, 4.69) is 72.8 Å². The zero-order chi connectivity index (χ0) is 24.8. The second-order valence-electron chi connectivity index (χ2n) is 14.4. The van der Waals surface area contributed by atoms with Crippen LogP contribution in [0.5, 0.6) is 0 Å². The zero-order valence-corrected chi connectivity index (χ0v) is 23.1. The van der Waals surface area contributed by atoms with Crippen molar-refractivity contribution in [1.29, 1.82) is 0 Å². The fraction of sp³-hybridized carbons (Fsp3) is 0.871. The minimum absolute atomic E-state index is 0.186. The van der Waals surface area contributed by atoms with E-state index in [4.69, 9.17) is 9.47 Å². The number of hydrogen-bond donors (Lipinski definition) is 1. The predicted molar refractivity (Wildman–Crippen MR) is 138 cm³/mol. The van der Waals surface area contributed by atoms with Crippen molar-refractivity contribution < 1.29 is 14.6 Å². The molecule has 0 aromatic carbocycles. The summed E-state index contributed by atoms with van der Waals surface area (Å²) in [6.45, 7) is 17.4. The molecule has 0 radical (unpaired) electrons. The van der Waals surface area contributed by atoms with E-state index in [0.717, 1.165) is 31.8 Å². The van der Waals surface area contributed by atoms with Gasteiger partial charge in [-0.05, 0) is 87.4 Å². The Morgan fingerprint density at radius 1 is 1.09 bits per heavy atom. The van der Waals surface area contributed by atoms with Crippen LogP contribution in [0.25, 0.3) is 0 Å². The molecule has 2 unspecified atom stereocenters. The van der Waals surface area contributed by atoms with Crippen molar-refractivity contribution in [3.63, 3.8) is 0 Å². The van der Waals surface area contributed by atoms with Crippen LogP contribution in [0.2, 0.25) is 0 Å². The largest absolute Gasteiger partial charge is 0.392 e. The Kier molecular flexibility index (Phi) is 5.66. The number of allylic oxidation sites excluding steroid dienone is 2. The van der Waals surface area contributed by atoms with Crippen molar-refractivity contribution in [1.82, 2.24) is 0 Å². The highest BCUT2D eigenvalue weighted by atomic mass is 16.5. The summed E-state index contributed by atoms with van der Waals surface area (Å²) in [5, 5.41) is 10.9. The third-order valence-corrected chi connectivity index (χ3v) is 12.6. The molecule has 192 valence electrons. The van der Waals surface area contributed by atoms with E-state index in [0.29, 0.717) is 28.6 Å². The van der Waals surface area contributed by atoms with Crippen LogP contribution in [-0.4, -0.2) is 36.1 Å². The summed E-state index contributed by atoms with van der Waals surface area (Å²) >= 11 is 0. The van der Waals surface area contributed by atoms with Crippen LogP contribution in [0, 0.1) is 45.3 Å². The first-order valence-corrected chi connectivity index (χ1v) is 14.0. The Morgan fingerprint density at radius 3 is 2.53 bits per heavy atom. The molecule has 1 aliphatic heterocycles. The fourth-order valence-electron chi connectivity index (χ4n) is 10.00. The molecule has 0 amide bonds. The number of hydrogen-bond acceptors (Lipinski definition) is 3. The SMILES string of the molecule is COC(C)(C)/C=C/C[C@@H](C)[C@H]1CC[C@@]2(C)[C@@H]3C=CC45OC[C@]3(CC[C@]12C)[C@@H]4CCC(O)C5(C)C. The molecule has 1 saturated heterocycles. The summed E-state index contributed by atoms with van der Waals surface area (Å²) in [6, 6.07) is 0. The van der Waals surface area contributed by atoms with Gasteiger partial charge in [-0.2, -0.15) is 0 Å². The molecule has 9 atom stereocenters. The molecule has 4 fully saturated rings. The second-order valence-corrected chi connectivity index (χ2v) is 14.4. The topological polar surface area (TPSA) is 38.7 Å². The first-order chi connectivity index (χ1) is 15.8. The molecule has 1 N–H and O–H groups in total. The number of aliphatic hydroxyl groups is 1. The molecule has 3 nitrogen and oxygen atoms in total. The van der Waals surface area contributed by atoms with Crippen molar-refractivity contribution in [2.24, 2.45) is 45.3 Å². The average Bonchev–Trinajstić information content (AvgIpc) is 3.17. The highest BCUT2D eigenvalue weighted by molar-refractivity contribution is 5.33. The molecule has 34 heavy (non-hydrogen) atoms. The lowest BCUT2D eigenvalue weighted by molar-refractivity contribution is -0.168. The first kappa shape index (κ1) is 25.0. The molecule has 4 aliphatic carbocycles. The van der Waals surface area contributed by atoms with Crippen molar-refractivity contribution in [3.8, 4) is 0 Å². The number of aliphatic hydroxyl groups excluding tert-OH is 1. The molecular formula is C31H50O3. The van der Waals surface area contributed by atoms with Crippen LogP contribution in [0.1, 0.15) is 93.4 Å². The Bertz CT molecular complexity index is 872. The minimum atomic E-state index is -0.282. The van der Waals surface area contributed by atoms with Crippen molar-refractivity contribution in [2.75, 3.05) is 13.7 Å². The summed E-state index contributed by atoms with van der Waals surface area (Å²) in [5.74, 6) is 2.58. The van der Waals surface area contributed by atoms with Gasteiger partial charge in [0, 0.05) is 23.9 Å². The normalized spacial score (nSPS) is 50.1. The molecular weight excluding hydrogens is 420 g/mol. The van der Waals surface area contributed by atoms with E-state index < -0.39 is 0 Å². The van der Waals surface area contributed by atoms with Gasteiger partial charge in [0.1, 0.15) is 0 Å².